The minimum atomic E-state index is 0.349. The van der Waals surface area contributed by atoms with Crippen molar-refractivity contribution in [2.45, 2.75) is 77.6 Å². The van der Waals surface area contributed by atoms with Crippen LogP contribution in [-0.2, 0) is 4.74 Å². The van der Waals surface area contributed by atoms with E-state index >= 15 is 0 Å². The van der Waals surface area contributed by atoms with Crippen LogP contribution in [0.5, 0.6) is 0 Å². The van der Waals surface area contributed by atoms with Crippen molar-refractivity contribution in [1.82, 2.24) is 0 Å². The van der Waals surface area contributed by atoms with E-state index in [1.165, 1.54) is 70.6 Å². The predicted molar refractivity (Wildman–Crippen MR) is 80.4 cm³/mol. The van der Waals surface area contributed by atoms with E-state index in [2.05, 4.69) is 6.92 Å². The number of halogens is 1. The highest BCUT2D eigenvalue weighted by atomic mass is 35.5. The van der Waals surface area contributed by atoms with Crippen molar-refractivity contribution in [3.05, 3.63) is 0 Å². The maximum absolute atomic E-state index is 6.00. The average molecular weight is 275 g/mol. The van der Waals surface area contributed by atoms with Gasteiger partial charge in [0.2, 0.25) is 0 Å². The molecule has 0 bridgehead atoms. The Labute approximate surface area is 119 Å². The molecule has 0 unspecified atom stereocenters. The van der Waals surface area contributed by atoms with Gasteiger partial charge in [0.1, 0.15) is 0 Å². The minimum Gasteiger partial charge on any atom is -0.380 e. The third kappa shape index (κ3) is 6.43. The van der Waals surface area contributed by atoms with E-state index in [0.29, 0.717) is 5.41 Å². The monoisotopic (exact) mass is 274 g/mol. The molecule has 0 amide bonds. The molecule has 18 heavy (non-hydrogen) atoms. The van der Waals surface area contributed by atoms with E-state index in [9.17, 15) is 0 Å². The first-order chi connectivity index (χ1) is 8.83. The lowest BCUT2D eigenvalue weighted by molar-refractivity contribution is -0.104. The van der Waals surface area contributed by atoms with Gasteiger partial charge < -0.3 is 4.74 Å². The molecule has 2 heteroatoms. The molecule has 1 nitrogen and oxygen atoms in total. The predicted octanol–water partition coefficient (Wildman–Crippen LogP) is 5.55. The molecule has 1 fully saturated rings. The second kappa shape index (κ2) is 10.1. The van der Waals surface area contributed by atoms with Gasteiger partial charge in [-0.1, -0.05) is 71.1 Å². The summed E-state index contributed by atoms with van der Waals surface area (Å²) in [6, 6.07) is 0. The fourth-order valence-electron chi connectivity index (χ4n) is 2.67. The summed E-state index contributed by atoms with van der Waals surface area (Å²) < 4.78 is 5.29. The fraction of sp³-hybridized carbons (Fsp3) is 1.00. The molecule has 0 spiro atoms. The third-order valence-electron chi connectivity index (χ3n) is 4.16. The van der Waals surface area contributed by atoms with E-state index in [0.717, 1.165) is 19.1 Å². The smallest absolute Gasteiger partial charge is 0.0556 e. The third-order valence-corrected chi connectivity index (χ3v) is 4.73. The minimum absolute atomic E-state index is 0.349. The summed E-state index contributed by atoms with van der Waals surface area (Å²) >= 11 is 6.00. The van der Waals surface area contributed by atoms with E-state index < -0.39 is 0 Å². The van der Waals surface area contributed by atoms with E-state index in [4.69, 9.17) is 16.3 Å². The number of rotatable bonds is 12. The zero-order chi connectivity index (χ0) is 13.1. The Morgan fingerprint density at radius 2 is 1.33 bits per heavy atom. The second-order valence-corrected chi connectivity index (χ2v) is 6.33. The van der Waals surface area contributed by atoms with Crippen LogP contribution in [0.15, 0.2) is 0 Å². The number of hydrogen-bond donors (Lipinski definition) is 0. The number of alkyl halides is 1. The van der Waals surface area contributed by atoms with Crippen molar-refractivity contribution < 1.29 is 4.74 Å². The molecule has 0 aliphatic carbocycles. The number of unbranched alkanes of at least 4 members (excludes halogenated alkanes) is 9. The molecular weight excluding hydrogens is 244 g/mol. The largest absolute Gasteiger partial charge is 0.380 e. The first-order valence-electron chi connectivity index (χ1n) is 7.97. The molecule has 0 aromatic rings. The van der Waals surface area contributed by atoms with Gasteiger partial charge in [0.15, 0.2) is 0 Å². The molecular formula is C16H31ClO. The Kier molecular flexibility index (Phi) is 9.14. The Morgan fingerprint density at radius 1 is 0.833 bits per heavy atom. The molecule has 1 heterocycles. The van der Waals surface area contributed by atoms with Gasteiger partial charge in [-0.05, 0) is 6.42 Å². The van der Waals surface area contributed by atoms with Crippen LogP contribution in [0, 0.1) is 5.41 Å². The standard InChI is InChI=1S/C16H31ClO/c1-2-3-4-5-6-7-8-9-10-11-12-16(13-17)14-18-15-16/h2-15H2,1H3. The summed E-state index contributed by atoms with van der Waals surface area (Å²) in [7, 11) is 0. The summed E-state index contributed by atoms with van der Waals surface area (Å²) in [6.07, 6.45) is 15.4. The maximum atomic E-state index is 6.00. The Morgan fingerprint density at radius 3 is 1.72 bits per heavy atom. The quantitative estimate of drug-likeness (QED) is 0.335. The topological polar surface area (TPSA) is 9.23 Å². The zero-order valence-electron chi connectivity index (χ0n) is 12.2. The fourth-order valence-corrected chi connectivity index (χ4v) is 2.95. The first kappa shape index (κ1) is 16.3. The van der Waals surface area contributed by atoms with Crippen molar-refractivity contribution in [3.8, 4) is 0 Å². The highest BCUT2D eigenvalue weighted by Crippen LogP contribution is 2.34. The van der Waals surface area contributed by atoms with Crippen molar-refractivity contribution in [2.75, 3.05) is 19.1 Å². The highest BCUT2D eigenvalue weighted by Gasteiger charge is 2.36. The summed E-state index contributed by atoms with van der Waals surface area (Å²) in [6.45, 7) is 4.07. The van der Waals surface area contributed by atoms with Crippen molar-refractivity contribution in [2.24, 2.45) is 5.41 Å². The summed E-state index contributed by atoms with van der Waals surface area (Å²) in [5, 5.41) is 0. The summed E-state index contributed by atoms with van der Waals surface area (Å²) in [5.74, 6) is 0.782. The molecule has 1 saturated heterocycles. The highest BCUT2D eigenvalue weighted by molar-refractivity contribution is 6.18. The van der Waals surface area contributed by atoms with Crippen molar-refractivity contribution >= 4 is 11.6 Å². The lowest BCUT2D eigenvalue weighted by Gasteiger charge is -2.40. The molecule has 108 valence electrons. The van der Waals surface area contributed by atoms with E-state index in [1.54, 1.807) is 0 Å². The van der Waals surface area contributed by atoms with Gasteiger partial charge in [-0.15, -0.1) is 11.6 Å². The summed E-state index contributed by atoms with van der Waals surface area (Å²) in [4.78, 5) is 0. The van der Waals surface area contributed by atoms with Crippen LogP contribution in [0.2, 0.25) is 0 Å². The lowest BCUT2D eigenvalue weighted by Crippen LogP contribution is -2.44. The van der Waals surface area contributed by atoms with E-state index in [-0.39, 0.29) is 0 Å². The van der Waals surface area contributed by atoms with Gasteiger partial charge in [-0.2, -0.15) is 0 Å². The normalized spacial score (nSPS) is 17.7. The molecule has 0 radical (unpaired) electrons. The number of hydrogen-bond acceptors (Lipinski definition) is 1. The number of ether oxygens (including phenoxy) is 1. The van der Waals surface area contributed by atoms with Gasteiger partial charge in [0.25, 0.3) is 0 Å². The summed E-state index contributed by atoms with van der Waals surface area (Å²) in [5.41, 5.74) is 0.349. The second-order valence-electron chi connectivity index (χ2n) is 6.06. The van der Waals surface area contributed by atoms with Crippen LogP contribution in [0.1, 0.15) is 77.6 Å². The first-order valence-corrected chi connectivity index (χ1v) is 8.50. The van der Waals surface area contributed by atoms with Crippen LogP contribution < -0.4 is 0 Å². The van der Waals surface area contributed by atoms with Crippen LogP contribution >= 0.6 is 11.6 Å². The molecule has 0 N–H and O–H groups in total. The molecule has 1 aliphatic rings. The molecule has 0 aromatic carbocycles. The van der Waals surface area contributed by atoms with Crippen LogP contribution in [0.3, 0.4) is 0 Å². The molecule has 0 saturated carbocycles. The Hall–Kier alpha value is 0.250. The Bertz CT molecular complexity index is 184. The zero-order valence-corrected chi connectivity index (χ0v) is 12.9. The van der Waals surface area contributed by atoms with Gasteiger partial charge in [0, 0.05) is 11.3 Å². The van der Waals surface area contributed by atoms with Gasteiger partial charge >= 0.3 is 0 Å². The van der Waals surface area contributed by atoms with Gasteiger partial charge in [-0.25, -0.2) is 0 Å². The lowest BCUT2D eigenvalue weighted by atomic mass is 9.82. The van der Waals surface area contributed by atoms with Gasteiger partial charge in [-0.3, -0.25) is 0 Å². The van der Waals surface area contributed by atoms with Crippen LogP contribution in [0.25, 0.3) is 0 Å². The molecule has 1 aliphatic heterocycles. The van der Waals surface area contributed by atoms with Crippen molar-refractivity contribution in [3.63, 3.8) is 0 Å². The molecule has 1 rings (SSSR count). The molecule has 0 aromatic heterocycles. The maximum Gasteiger partial charge on any atom is 0.0556 e. The van der Waals surface area contributed by atoms with E-state index in [1.807, 2.05) is 0 Å². The van der Waals surface area contributed by atoms with Crippen LogP contribution in [-0.4, -0.2) is 19.1 Å². The van der Waals surface area contributed by atoms with Crippen molar-refractivity contribution in [1.29, 1.82) is 0 Å². The molecule has 0 atom stereocenters. The SMILES string of the molecule is CCCCCCCCCCCCC1(CCl)COC1. The van der Waals surface area contributed by atoms with Crippen LogP contribution in [0.4, 0.5) is 0 Å². The average Bonchev–Trinajstić information content (AvgIpc) is 2.34. The van der Waals surface area contributed by atoms with Gasteiger partial charge in [0.05, 0.1) is 13.2 Å². The Balaban J connectivity index is 1.78.